The van der Waals surface area contributed by atoms with Crippen molar-refractivity contribution in [2.45, 2.75) is 63.3 Å². The number of aromatic nitrogens is 2. The third-order valence-corrected chi connectivity index (χ3v) is 10.8. The number of likely N-dealkylation sites (N-methyl/N-ethyl adjacent to an activating group) is 1. The summed E-state index contributed by atoms with van der Waals surface area (Å²) in [6.07, 6.45) is 4.28. The van der Waals surface area contributed by atoms with Crippen LogP contribution in [0.1, 0.15) is 50.4 Å². The predicted molar refractivity (Wildman–Crippen MR) is 196 cm³/mol. The number of fused-ring (bicyclic) bond motifs is 2. The number of nitrogens with zero attached hydrogens (tertiary/aromatic N) is 4. The number of ether oxygens (including phenoxy) is 2. The zero-order chi connectivity index (χ0) is 36.7. The normalized spacial score (nSPS) is 19.9. The van der Waals surface area contributed by atoms with Gasteiger partial charge in [-0.2, -0.15) is 4.31 Å². The van der Waals surface area contributed by atoms with Gasteiger partial charge in [0, 0.05) is 57.0 Å². The Bertz CT molecular complexity index is 1930. The minimum atomic E-state index is -3.90. The number of aliphatic hydroxyl groups excluding tert-OH is 1. The molecule has 274 valence electrons. The quantitative estimate of drug-likeness (QED) is 0.221. The van der Waals surface area contributed by atoms with E-state index in [2.05, 4.69) is 15.6 Å². The van der Waals surface area contributed by atoms with Crippen LogP contribution < -0.4 is 15.4 Å². The van der Waals surface area contributed by atoms with Crippen LogP contribution in [-0.2, 0) is 21.8 Å². The fourth-order valence-electron chi connectivity index (χ4n) is 6.12. The Morgan fingerprint density at radius 1 is 1.10 bits per heavy atom. The first-order valence-corrected chi connectivity index (χ1v) is 18.7. The van der Waals surface area contributed by atoms with E-state index in [1.54, 1.807) is 41.6 Å². The largest absolute Gasteiger partial charge is 0.490 e. The van der Waals surface area contributed by atoms with Crippen molar-refractivity contribution in [3.05, 3.63) is 78.8 Å². The van der Waals surface area contributed by atoms with Gasteiger partial charge in [0.1, 0.15) is 5.75 Å². The maximum Gasteiger partial charge on any atom is 0.323 e. The van der Waals surface area contributed by atoms with Gasteiger partial charge in [-0.25, -0.2) is 18.2 Å². The highest BCUT2D eigenvalue weighted by molar-refractivity contribution is 7.89. The van der Waals surface area contributed by atoms with Crippen LogP contribution in [0.25, 0.3) is 10.8 Å². The molecule has 0 radical (unpaired) electrons. The molecule has 3 aromatic carbocycles. The molecule has 0 bridgehead atoms. The minimum Gasteiger partial charge on any atom is -0.490 e. The molecule has 51 heavy (non-hydrogen) atoms. The van der Waals surface area contributed by atoms with Gasteiger partial charge in [0.25, 0.3) is 15.9 Å². The van der Waals surface area contributed by atoms with Gasteiger partial charge in [-0.05, 0) is 62.8 Å². The van der Waals surface area contributed by atoms with E-state index in [-0.39, 0.29) is 42.3 Å². The van der Waals surface area contributed by atoms with Crippen molar-refractivity contribution < 1.29 is 32.6 Å². The van der Waals surface area contributed by atoms with E-state index < -0.39 is 34.1 Å². The standard InChI is InChI=1S/C37H48N6O7S/c1-25-20-43(26(2)23-44)36(45)31-19-29(39-37(46)40-32-15-10-13-28-12-6-7-14-30(28)32)16-17-33(31)50-27(3)11-8-9-18-49-34(25)21-42(5)51(47,48)35-22-41(4)24-38-35/h6-7,10,12-17,19,22,24-27,34,44H,8-9,11,18,20-21,23H2,1-5H3,(H2,39,40,46)/t25-,26-,27+,34-/m1/s1. The van der Waals surface area contributed by atoms with Crippen molar-refractivity contribution in [3.8, 4) is 5.75 Å². The van der Waals surface area contributed by atoms with Gasteiger partial charge in [0.2, 0.25) is 0 Å². The van der Waals surface area contributed by atoms with Crippen molar-refractivity contribution in [2.75, 3.05) is 44.0 Å². The van der Waals surface area contributed by atoms with Crippen molar-refractivity contribution in [3.63, 3.8) is 0 Å². The minimum absolute atomic E-state index is 0.0333. The molecule has 0 saturated carbocycles. The number of hydrogen-bond acceptors (Lipinski definition) is 8. The Balaban J connectivity index is 1.41. The lowest BCUT2D eigenvalue weighted by atomic mass is 10.0. The average molecular weight is 721 g/mol. The van der Waals surface area contributed by atoms with Crippen molar-refractivity contribution in [1.29, 1.82) is 0 Å². The van der Waals surface area contributed by atoms with Gasteiger partial charge in [0.15, 0.2) is 5.03 Å². The number of rotatable bonds is 8. The average Bonchev–Trinajstić information content (AvgIpc) is 3.56. The number of carbonyl (C=O) groups excluding carboxylic acids is 2. The van der Waals surface area contributed by atoms with Gasteiger partial charge >= 0.3 is 6.03 Å². The van der Waals surface area contributed by atoms with E-state index in [4.69, 9.17) is 9.47 Å². The first-order chi connectivity index (χ1) is 24.4. The Labute approximate surface area is 299 Å². The number of anilines is 2. The summed E-state index contributed by atoms with van der Waals surface area (Å²) in [6.45, 7) is 5.84. The van der Waals surface area contributed by atoms with Gasteiger partial charge < -0.3 is 34.7 Å². The maximum atomic E-state index is 14.5. The SMILES string of the molecule is C[C@@H]1CN([C@H](C)CO)C(=O)c2cc(NC(=O)Nc3cccc4ccccc34)ccc2O[C@@H](C)CCCCO[C@@H]1CN(C)S(=O)(=O)c1cn(C)cn1. The summed E-state index contributed by atoms with van der Waals surface area (Å²) in [5.41, 5.74) is 1.25. The van der Waals surface area contributed by atoms with E-state index in [0.29, 0.717) is 30.2 Å². The van der Waals surface area contributed by atoms with Crippen LogP contribution in [0.4, 0.5) is 16.2 Å². The number of carbonyl (C=O) groups is 2. The van der Waals surface area contributed by atoms with Crippen LogP contribution in [0.5, 0.6) is 5.75 Å². The Morgan fingerprint density at radius 2 is 1.86 bits per heavy atom. The van der Waals surface area contributed by atoms with Crippen LogP contribution in [0.3, 0.4) is 0 Å². The summed E-state index contributed by atoms with van der Waals surface area (Å²) in [5.74, 6) is -0.390. The van der Waals surface area contributed by atoms with Crippen LogP contribution in [-0.4, -0.2) is 95.8 Å². The predicted octanol–water partition coefficient (Wildman–Crippen LogP) is 5.33. The number of benzene rings is 3. The molecule has 14 heteroatoms. The summed E-state index contributed by atoms with van der Waals surface area (Å²) in [5, 5.41) is 17.8. The monoisotopic (exact) mass is 720 g/mol. The summed E-state index contributed by atoms with van der Waals surface area (Å²) in [6, 6.07) is 17.3. The van der Waals surface area contributed by atoms with Crippen LogP contribution in [0.15, 0.2) is 78.2 Å². The Morgan fingerprint density at radius 3 is 2.61 bits per heavy atom. The van der Waals surface area contributed by atoms with Crippen LogP contribution in [0, 0.1) is 5.92 Å². The zero-order valence-corrected chi connectivity index (χ0v) is 30.6. The second kappa shape index (κ2) is 16.7. The highest BCUT2D eigenvalue weighted by Gasteiger charge is 2.33. The number of sulfonamides is 1. The molecule has 0 spiro atoms. The second-order valence-electron chi connectivity index (χ2n) is 13.3. The number of hydrogen-bond donors (Lipinski definition) is 3. The molecule has 4 atom stereocenters. The van der Waals surface area contributed by atoms with Crippen LogP contribution >= 0.6 is 0 Å². The topological polar surface area (TPSA) is 155 Å². The Hall–Kier alpha value is -4.50. The molecular formula is C37H48N6O7S. The lowest BCUT2D eigenvalue weighted by molar-refractivity contribution is -0.00835. The lowest BCUT2D eigenvalue weighted by Gasteiger charge is -2.35. The second-order valence-corrected chi connectivity index (χ2v) is 15.3. The maximum absolute atomic E-state index is 14.5. The third-order valence-electron chi connectivity index (χ3n) is 9.14. The van der Waals surface area contributed by atoms with E-state index in [0.717, 1.165) is 23.6 Å². The fourth-order valence-corrected chi connectivity index (χ4v) is 7.26. The summed E-state index contributed by atoms with van der Waals surface area (Å²) < 4.78 is 42.1. The highest BCUT2D eigenvalue weighted by atomic mass is 32.2. The third kappa shape index (κ3) is 9.25. The molecule has 3 N–H and O–H groups in total. The van der Waals surface area contributed by atoms with Crippen molar-refractivity contribution in [1.82, 2.24) is 18.8 Å². The smallest absolute Gasteiger partial charge is 0.323 e. The van der Waals surface area contributed by atoms with Gasteiger partial charge in [-0.3, -0.25) is 4.79 Å². The Kier molecular flexibility index (Phi) is 12.3. The molecule has 13 nitrogen and oxygen atoms in total. The summed E-state index contributed by atoms with van der Waals surface area (Å²) in [7, 11) is -0.703. The zero-order valence-electron chi connectivity index (χ0n) is 29.8. The van der Waals surface area contributed by atoms with E-state index in [9.17, 15) is 23.1 Å². The van der Waals surface area contributed by atoms with E-state index >= 15 is 0 Å². The molecule has 0 aliphatic carbocycles. The molecule has 4 aromatic rings. The van der Waals surface area contributed by atoms with Crippen molar-refractivity contribution in [2.24, 2.45) is 13.0 Å². The number of aryl methyl sites for hydroxylation is 1. The fraction of sp³-hybridized carbons (Fsp3) is 0.432. The van der Waals surface area contributed by atoms with Gasteiger partial charge in [-0.1, -0.05) is 43.3 Å². The highest BCUT2D eigenvalue weighted by Crippen LogP contribution is 2.29. The first kappa shape index (κ1) is 37.7. The first-order valence-electron chi connectivity index (χ1n) is 17.2. The molecular weight excluding hydrogens is 673 g/mol. The van der Waals surface area contributed by atoms with Crippen LogP contribution in [0.2, 0.25) is 0 Å². The van der Waals surface area contributed by atoms with Crippen molar-refractivity contribution >= 4 is 44.1 Å². The molecule has 2 heterocycles. The number of aliphatic hydroxyl groups is 1. The van der Waals surface area contributed by atoms with E-state index in [1.807, 2.05) is 56.3 Å². The van der Waals surface area contributed by atoms with Gasteiger partial charge in [0.05, 0.1) is 42.4 Å². The number of imidazole rings is 1. The molecule has 1 aliphatic rings. The molecule has 1 aliphatic heterocycles. The molecule has 1 aromatic heterocycles. The molecule has 3 amide bonds. The molecule has 5 rings (SSSR count). The summed E-state index contributed by atoms with van der Waals surface area (Å²) in [4.78, 5) is 33.2. The lowest BCUT2D eigenvalue weighted by Crippen LogP contribution is -2.48. The number of urea groups is 1. The van der Waals surface area contributed by atoms with Gasteiger partial charge in [-0.15, -0.1) is 0 Å². The summed E-state index contributed by atoms with van der Waals surface area (Å²) >= 11 is 0. The van der Waals surface area contributed by atoms with E-state index in [1.165, 1.54) is 23.9 Å². The number of nitrogens with one attached hydrogen (secondary N) is 2. The number of amides is 3. The molecule has 0 saturated heterocycles. The molecule has 0 unspecified atom stereocenters. The molecule has 0 fully saturated rings.